The molecule has 5 rings (SSSR count). The summed E-state index contributed by atoms with van der Waals surface area (Å²) in [4.78, 5) is 28.2. The lowest BCUT2D eigenvalue weighted by molar-refractivity contribution is -0.160. The van der Waals surface area contributed by atoms with E-state index in [2.05, 4.69) is 0 Å². The van der Waals surface area contributed by atoms with Crippen LogP contribution in [0, 0.1) is 11.3 Å². The van der Waals surface area contributed by atoms with Gasteiger partial charge < -0.3 is 14.6 Å². The minimum Gasteiger partial charge on any atom is -0.387 e. The molecule has 174 valence electrons. The normalized spacial score (nSPS) is 26.2. The minimum atomic E-state index is -0.947. The molecule has 1 aliphatic heterocycles. The number of aromatic nitrogens is 1. The third-order valence-corrected chi connectivity index (χ3v) is 9.59. The van der Waals surface area contributed by atoms with Crippen LogP contribution in [0.2, 0.25) is 0 Å². The molecule has 1 N–H and O–H groups in total. The van der Waals surface area contributed by atoms with Gasteiger partial charge in [0.15, 0.2) is 0 Å². The number of amides is 1. The number of carbonyl (C=O) groups excluding carboxylic acids is 1. The largest absolute Gasteiger partial charge is 0.387 e. The first-order chi connectivity index (χ1) is 15.5. The van der Waals surface area contributed by atoms with Crippen LogP contribution in [0.1, 0.15) is 77.0 Å². The van der Waals surface area contributed by atoms with Crippen LogP contribution in [0.3, 0.4) is 0 Å². The Labute approximate surface area is 194 Å². The van der Waals surface area contributed by atoms with E-state index in [-0.39, 0.29) is 16.9 Å². The highest BCUT2D eigenvalue weighted by molar-refractivity contribution is 7.17. The van der Waals surface area contributed by atoms with Crippen LogP contribution >= 0.6 is 11.3 Å². The number of piperidine rings is 1. The van der Waals surface area contributed by atoms with Gasteiger partial charge in [-0.3, -0.25) is 9.59 Å². The van der Waals surface area contributed by atoms with Crippen molar-refractivity contribution in [3.63, 3.8) is 0 Å². The van der Waals surface area contributed by atoms with Gasteiger partial charge in [-0.2, -0.15) is 0 Å². The lowest BCUT2D eigenvalue weighted by Gasteiger charge is -2.52. The molecule has 3 heterocycles. The van der Waals surface area contributed by atoms with Crippen LogP contribution in [0.5, 0.6) is 0 Å². The maximum absolute atomic E-state index is 13.1. The molecule has 2 saturated carbocycles. The number of thiophene rings is 1. The number of rotatable bonds is 5. The van der Waals surface area contributed by atoms with Crippen LogP contribution in [0.4, 0.5) is 0 Å². The zero-order chi connectivity index (χ0) is 22.2. The van der Waals surface area contributed by atoms with Gasteiger partial charge >= 0.3 is 0 Å². The number of aliphatic hydroxyl groups is 1. The Morgan fingerprint density at radius 2 is 1.88 bits per heavy atom. The molecule has 1 saturated heterocycles. The molecule has 1 spiro atoms. The maximum atomic E-state index is 13.1. The Balaban J connectivity index is 1.31. The van der Waals surface area contributed by atoms with Gasteiger partial charge in [-0.1, -0.05) is 44.9 Å². The Hall–Kier alpha value is -1.66. The number of likely N-dealkylation sites (tertiary alicyclic amines) is 1. The van der Waals surface area contributed by atoms with Crippen molar-refractivity contribution in [1.82, 2.24) is 9.47 Å². The van der Waals surface area contributed by atoms with Crippen molar-refractivity contribution >= 4 is 27.3 Å². The van der Waals surface area contributed by atoms with Gasteiger partial charge in [-0.05, 0) is 49.1 Å². The van der Waals surface area contributed by atoms with Crippen LogP contribution < -0.4 is 5.56 Å². The molecular weight excluding hydrogens is 420 g/mol. The Morgan fingerprint density at radius 1 is 1.09 bits per heavy atom. The van der Waals surface area contributed by atoms with E-state index >= 15 is 0 Å². The fourth-order valence-corrected chi connectivity index (χ4v) is 7.46. The van der Waals surface area contributed by atoms with E-state index in [1.54, 1.807) is 15.9 Å². The Morgan fingerprint density at radius 3 is 2.66 bits per heavy atom. The van der Waals surface area contributed by atoms with Crippen molar-refractivity contribution in [3.8, 4) is 0 Å². The SMILES string of the molecule is O=C(CCC1CCCCC1)N1CCC(O)(Cn2ccc3sccc3c2=O)C2(CCCC2)C1. The summed E-state index contributed by atoms with van der Waals surface area (Å²) in [5, 5.41) is 14.6. The molecule has 2 aromatic rings. The first-order valence-corrected chi connectivity index (χ1v) is 13.4. The summed E-state index contributed by atoms with van der Waals surface area (Å²) in [6.45, 7) is 1.56. The maximum Gasteiger partial charge on any atom is 0.259 e. The molecule has 0 bridgehead atoms. The molecule has 2 aromatic heterocycles. The standard InChI is InChI=1S/C26H36N2O3S/c29-23(9-8-20-6-2-1-3-7-20)27-16-14-26(31,25(18-27)12-4-5-13-25)19-28-15-10-22-21(24(28)30)11-17-32-22/h10-11,15,17,20,31H,1-9,12-14,16,18-19H2. The van der Waals surface area contributed by atoms with E-state index in [0.717, 1.165) is 42.2 Å². The summed E-state index contributed by atoms with van der Waals surface area (Å²) in [6.07, 6.45) is 14.6. The number of carbonyl (C=O) groups is 1. The Kier molecular flexibility index (Phi) is 6.19. The zero-order valence-electron chi connectivity index (χ0n) is 19.1. The predicted molar refractivity (Wildman–Crippen MR) is 129 cm³/mol. The summed E-state index contributed by atoms with van der Waals surface area (Å²) >= 11 is 1.57. The van der Waals surface area contributed by atoms with E-state index in [4.69, 9.17) is 0 Å². The fraction of sp³-hybridized carbons (Fsp3) is 0.692. The fourth-order valence-electron chi connectivity index (χ4n) is 6.69. The number of pyridine rings is 1. The molecule has 1 amide bonds. The first kappa shape index (κ1) is 22.1. The van der Waals surface area contributed by atoms with Crippen LogP contribution in [-0.4, -0.2) is 39.2 Å². The lowest BCUT2D eigenvalue weighted by Crippen LogP contribution is -2.62. The van der Waals surface area contributed by atoms with Gasteiger partial charge in [0.1, 0.15) is 0 Å². The second kappa shape index (κ2) is 8.94. The monoisotopic (exact) mass is 456 g/mol. The molecule has 6 heteroatoms. The van der Waals surface area contributed by atoms with E-state index in [9.17, 15) is 14.7 Å². The Bertz CT molecular complexity index is 1020. The highest BCUT2D eigenvalue weighted by Crippen LogP contribution is 2.51. The average molecular weight is 457 g/mol. The van der Waals surface area contributed by atoms with E-state index in [0.29, 0.717) is 38.4 Å². The first-order valence-electron chi connectivity index (χ1n) is 12.6. The number of hydrogen-bond acceptors (Lipinski definition) is 4. The quantitative estimate of drug-likeness (QED) is 0.693. The van der Waals surface area contributed by atoms with E-state index in [1.165, 1.54) is 32.1 Å². The van der Waals surface area contributed by atoms with Gasteiger partial charge in [0.2, 0.25) is 5.91 Å². The van der Waals surface area contributed by atoms with Crippen molar-refractivity contribution < 1.29 is 9.90 Å². The van der Waals surface area contributed by atoms with E-state index in [1.807, 2.05) is 28.6 Å². The van der Waals surface area contributed by atoms with Crippen molar-refractivity contribution in [3.05, 3.63) is 34.1 Å². The molecule has 5 nitrogen and oxygen atoms in total. The van der Waals surface area contributed by atoms with Crippen LogP contribution in [-0.2, 0) is 11.3 Å². The van der Waals surface area contributed by atoms with E-state index < -0.39 is 5.60 Å². The molecule has 0 aromatic carbocycles. The molecule has 0 radical (unpaired) electrons. The van der Waals surface area contributed by atoms with Gasteiger partial charge in [-0.25, -0.2) is 0 Å². The van der Waals surface area contributed by atoms with Gasteiger partial charge in [0.25, 0.3) is 5.56 Å². The molecule has 3 fully saturated rings. The minimum absolute atomic E-state index is 0.0173. The van der Waals surface area contributed by atoms with Crippen molar-refractivity contribution in [1.29, 1.82) is 0 Å². The lowest BCUT2D eigenvalue weighted by atomic mass is 9.65. The van der Waals surface area contributed by atoms with Crippen molar-refractivity contribution in [2.45, 2.75) is 89.2 Å². The van der Waals surface area contributed by atoms with Gasteiger partial charge in [0.05, 0.1) is 17.5 Å². The highest BCUT2D eigenvalue weighted by atomic mass is 32.1. The summed E-state index contributed by atoms with van der Waals surface area (Å²) < 4.78 is 2.70. The average Bonchev–Trinajstić information content (AvgIpc) is 3.48. The molecule has 1 atom stereocenters. The third kappa shape index (κ3) is 4.05. The van der Waals surface area contributed by atoms with Crippen molar-refractivity contribution in [2.75, 3.05) is 13.1 Å². The van der Waals surface area contributed by atoms with Crippen molar-refractivity contribution in [2.24, 2.45) is 11.3 Å². The smallest absolute Gasteiger partial charge is 0.259 e. The second-order valence-electron chi connectivity index (χ2n) is 10.6. The van der Waals surface area contributed by atoms with Crippen LogP contribution in [0.15, 0.2) is 28.5 Å². The topological polar surface area (TPSA) is 62.5 Å². The highest BCUT2D eigenvalue weighted by Gasteiger charge is 2.55. The van der Waals surface area contributed by atoms with Crippen LogP contribution in [0.25, 0.3) is 10.1 Å². The second-order valence-corrected chi connectivity index (χ2v) is 11.5. The summed E-state index contributed by atoms with van der Waals surface area (Å²) in [6, 6.07) is 3.86. The number of hydrogen-bond donors (Lipinski definition) is 1. The molecule has 1 unspecified atom stereocenters. The molecule has 32 heavy (non-hydrogen) atoms. The van der Waals surface area contributed by atoms with Gasteiger partial charge in [0, 0.05) is 35.8 Å². The third-order valence-electron chi connectivity index (χ3n) is 8.70. The molecular formula is C26H36N2O3S. The summed E-state index contributed by atoms with van der Waals surface area (Å²) in [5.41, 5.74) is -1.26. The summed E-state index contributed by atoms with van der Waals surface area (Å²) in [5.74, 6) is 0.981. The predicted octanol–water partition coefficient (Wildman–Crippen LogP) is 4.95. The number of nitrogens with zero attached hydrogens (tertiary/aromatic N) is 2. The summed E-state index contributed by atoms with van der Waals surface area (Å²) in [7, 11) is 0. The molecule has 3 aliphatic rings. The number of fused-ring (bicyclic) bond motifs is 1. The van der Waals surface area contributed by atoms with Gasteiger partial charge in [-0.15, -0.1) is 11.3 Å². The molecule has 2 aliphatic carbocycles. The zero-order valence-corrected chi connectivity index (χ0v) is 19.9.